The van der Waals surface area contributed by atoms with Gasteiger partial charge >= 0.3 is 13.7 Å². The van der Waals surface area contributed by atoms with Crippen molar-refractivity contribution in [3.8, 4) is 11.5 Å². The van der Waals surface area contributed by atoms with Gasteiger partial charge in [0.2, 0.25) is 6.23 Å². The molecule has 0 aromatic heterocycles. The van der Waals surface area contributed by atoms with Crippen LogP contribution in [-0.4, -0.2) is 57.3 Å². The van der Waals surface area contributed by atoms with Gasteiger partial charge in [-0.3, -0.25) is 9.42 Å². The lowest BCUT2D eigenvalue weighted by Gasteiger charge is -2.38. The summed E-state index contributed by atoms with van der Waals surface area (Å²) in [4.78, 5) is 15.5. The SMILES string of the molecule is C=C1N=C(N)C=CN1[C@@H]1O[C@H](COP(=O)(O)Oc2c(C)c(C)c3c(c2C)CCC(C)(CCCC(C)CCCC(C)CCCC(C)C)O3)[C@H](O)C1(F)F. The van der Waals surface area contributed by atoms with Crippen molar-refractivity contribution in [1.82, 2.24) is 4.90 Å². The molecule has 13 heteroatoms. The van der Waals surface area contributed by atoms with Crippen LogP contribution in [0.15, 0.2) is 29.7 Å². The zero-order chi connectivity index (χ0) is 38.6. The molecule has 3 aliphatic rings. The summed E-state index contributed by atoms with van der Waals surface area (Å²) >= 11 is 0. The van der Waals surface area contributed by atoms with Crippen LogP contribution in [0.4, 0.5) is 8.78 Å². The van der Waals surface area contributed by atoms with Crippen molar-refractivity contribution in [2.75, 3.05) is 6.61 Å². The second-order valence-corrected chi connectivity index (χ2v) is 17.5. The number of nitrogens with two attached hydrogens (primary N) is 1. The number of phosphoric ester groups is 1. The van der Waals surface area contributed by atoms with Gasteiger partial charge in [0, 0.05) is 11.8 Å². The Morgan fingerprint density at radius 3 is 2.29 bits per heavy atom. The van der Waals surface area contributed by atoms with Crippen LogP contribution in [0.1, 0.15) is 121 Å². The van der Waals surface area contributed by atoms with E-state index in [0.29, 0.717) is 23.5 Å². The number of hydrogen-bond acceptors (Lipinski definition) is 9. The minimum atomic E-state index is -4.85. The Labute approximate surface area is 309 Å². The molecule has 1 aromatic carbocycles. The second-order valence-electron chi connectivity index (χ2n) is 16.1. The van der Waals surface area contributed by atoms with Crippen molar-refractivity contribution in [2.24, 2.45) is 28.5 Å². The fourth-order valence-corrected chi connectivity index (χ4v) is 8.41. The maximum atomic E-state index is 15.1. The molecule has 4 rings (SSSR count). The van der Waals surface area contributed by atoms with E-state index in [0.717, 1.165) is 52.9 Å². The molecule has 52 heavy (non-hydrogen) atoms. The first-order valence-electron chi connectivity index (χ1n) is 18.9. The number of phosphoric acid groups is 1. The number of aliphatic imine (C=N–C) groups is 1. The van der Waals surface area contributed by atoms with E-state index in [1.165, 1.54) is 57.2 Å². The Morgan fingerprint density at radius 2 is 1.67 bits per heavy atom. The predicted molar refractivity (Wildman–Crippen MR) is 200 cm³/mol. The molecule has 4 N–H and O–H groups in total. The van der Waals surface area contributed by atoms with Crippen molar-refractivity contribution in [2.45, 2.75) is 156 Å². The number of aliphatic hydroxyl groups is 1. The summed E-state index contributed by atoms with van der Waals surface area (Å²) < 4.78 is 66.1. The van der Waals surface area contributed by atoms with Crippen molar-refractivity contribution >= 4 is 13.7 Å². The normalized spacial score (nSPS) is 26.5. The summed E-state index contributed by atoms with van der Waals surface area (Å²) in [5.74, 6) is -0.614. The number of amidine groups is 1. The number of hydrogen-bond donors (Lipinski definition) is 3. The average Bonchev–Trinajstić information content (AvgIpc) is 3.28. The number of ether oxygens (including phenoxy) is 2. The van der Waals surface area contributed by atoms with Crippen LogP contribution in [-0.2, 0) is 20.2 Å². The van der Waals surface area contributed by atoms with Crippen molar-refractivity contribution in [1.29, 1.82) is 0 Å². The largest absolute Gasteiger partial charge is 0.527 e. The molecule has 0 radical (unpaired) electrons. The lowest BCUT2D eigenvalue weighted by atomic mass is 9.84. The van der Waals surface area contributed by atoms with Gasteiger partial charge in [-0.25, -0.2) is 9.56 Å². The van der Waals surface area contributed by atoms with Gasteiger partial charge in [0.1, 0.15) is 34.9 Å². The molecule has 0 bridgehead atoms. The van der Waals surface area contributed by atoms with Gasteiger partial charge in [-0.2, -0.15) is 8.78 Å². The van der Waals surface area contributed by atoms with Crippen molar-refractivity contribution in [3.05, 3.63) is 46.9 Å². The standard InChI is InChI=1S/C39H62F2N3O7P/c1-24(2)13-10-14-25(3)15-11-16-26(4)17-12-20-38(9)21-18-31-29(7)34(27(5)28(6)35(31)50-38)51-52(46,47)48-23-32-36(45)39(40,41)37(49-32)44-22-19-33(42)43-30(44)8/h19,22,24-26,32,36-37,45H,8,10-18,20-21,23H2,1-7,9H3,(H2,42,43)(H,46,47)/t25?,26?,32-,36+,37-,38?/m1/s1. The fraction of sp³-hybridized carbons (Fsp3) is 0.718. The van der Waals surface area contributed by atoms with Gasteiger partial charge in [-0.1, -0.05) is 79.2 Å². The van der Waals surface area contributed by atoms with E-state index in [-0.39, 0.29) is 23.0 Å². The van der Waals surface area contributed by atoms with Gasteiger partial charge < -0.3 is 29.7 Å². The topological polar surface area (TPSA) is 136 Å². The lowest BCUT2D eigenvalue weighted by Crippen LogP contribution is -2.47. The number of fused-ring (bicyclic) bond motifs is 1. The van der Waals surface area contributed by atoms with Crippen LogP contribution in [0.25, 0.3) is 0 Å². The summed E-state index contributed by atoms with van der Waals surface area (Å²) in [7, 11) is -4.85. The monoisotopic (exact) mass is 753 g/mol. The van der Waals surface area contributed by atoms with Crippen LogP contribution < -0.4 is 15.0 Å². The molecule has 3 aliphatic heterocycles. The predicted octanol–water partition coefficient (Wildman–Crippen LogP) is 9.01. The van der Waals surface area contributed by atoms with E-state index in [9.17, 15) is 14.6 Å². The highest BCUT2D eigenvalue weighted by Gasteiger charge is 2.61. The first-order chi connectivity index (χ1) is 24.2. The molecule has 294 valence electrons. The summed E-state index contributed by atoms with van der Waals surface area (Å²) in [5.41, 5.74) is 8.26. The molecule has 0 saturated carbocycles. The summed E-state index contributed by atoms with van der Waals surface area (Å²) in [5, 5.41) is 10.4. The Kier molecular flexibility index (Phi) is 14.1. The molecule has 0 spiro atoms. The number of benzene rings is 1. The molecular weight excluding hydrogens is 691 g/mol. The second kappa shape index (κ2) is 17.3. The van der Waals surface area contributed by atoms with Crippen LogP contribution in [0, 0.1) is 38.5 Å². The third-order valence-electron chi connectivity index (χ3n) is 11.0. The third-order valence-corrected chi connectivity index (χ3v) is 11.9. The molecular formula is C39H62F2N3O7P. The zero-order valence-electron chi connectivity index (χ0n) is 32.4. The van der Waals surface area contributed by atoms with E-state index in [4.69, 9.17) is 24.3 Å². The number of alkyl halides is 2. The average molecular weight is 754 g/mol. The van der Waals surface area contributed by atoms with Crippen LogP contribution >= 0.6 is 7.82 Å². The molecule has 0 aliphatic carbocycles. The number of nitrogens with zero attached hydrogens (tertiary/aromatic N) is 2. The Morgan fingerprint density at radius 1 is 1.06 bits per heavy atom. The van der Waals surface area contributed by atoms with Crippen LogP contribution in [0.5, 0.6) is 11.5 Å². The van der Waals surface area contributed by atoms with Crippen LogP contribution in [0.2, 0.25) is 0 Å². The zero-order valence-corrected chi connectivity index (χ0v) is 33.3. The number of aliphatic hydroxyl groups excluding tert-OH is 1. The van der Waals surface area contributed by atoms with Gasteiger partial charge in [-0.15, -0.1) is 0 Å². The number of halogens is 2. The van der Waals surface area contributed by atoms with E-state index in [1.807, 2.05) is 13.8 Å². The molecule has 10 nitrogen and oxygen atoms in total. The minimum Gasteiger partial charge on any atom is -0.487 e. The highest BCUT2D eigenvalue weighted by molar-refractivity contribution is 7.47. The Balaban J connectivity index is 1.31. The summed E-state index contributed by atoms with van der Waals surface area (Å²) in [6.07, 6.45) is 9.04. The van der Waals surface area contributed by atoms with Crippen molar-refractivity contribution < 1.29 is 41.9 Å². The maximum absolute atomic E-state index is 15.1. The molecule has 0 amide bonds. The van der Waals surface area contributed by atoms with E-state index < -0.39 is 38.8 Å². The van der Waals surface area contributed by atoms with Crippen molar-refractivity contribution in [3.63, 3.8) is 0 Å². The molecule has 1 aromatic rings. The van der Waals surface area contributed by atoms with E-state index in [2.05, 4.69) is 46.2 Å². The van der Waals surface area contributed by atoms with Gasteiger partial charge in [-0.05, 0) is 93.9 Å². The smallest absolute Gasteiger partial charge is 0.487 e. The van der Waals surface area contributed by atoms with E-state index in [1.54, 1.807) is 6.92 Å². The van der Waals surface area contributed by atoms with Gasteiger partial charge in [0.05, 0.1) is 6.61 Å². The molecule has 3 heterocycles. The Bertz CT molecular complexity index is 1540. The Hall–Kier alpha value is -2.50. The third kappa shape index (κ3) is 10.4. The van der Waals surface area contributed by atoms with Gasteiger partial charge in [0.25, 0.3) is 0 Å². The first-order valence-corrected chi connectivity index (χ1v) is 20.4. The minimum absolute atomic E-state index is 0.0729. The van der Waals surface area contributed by atoms with Gasteiger partial charge in [0.15, 0.2) is 6.10 Å². The number of rotatable bonds is 18. The maximum Gasteiger partial charge on any atom is 0.527 e. The molecule has 1 saturated heterocycles. The lowest BCUT2D eigenvalue weighted by molar-refractivity contribution is -0.148. The quantitative estimate of drug-likeness (QED) is 0.126. The van der Waals surface area contributed by atoms with E-state index >= 15 is 8.78 Å². The summed E-state index contributed by atoms with van der Waals surface area (Å²) in [6.45, 7) is 19.8. The highest BCUT2D eigenvalue weighted by Crippen LogP contribution is 2.52. The fourth-order valence-electron chi connectivity index (χ4n) is 7.51. The highest BCUT2D eigenvalue weighted by atomic mass is 31.2. The summed E-state index contributed by atoms with van der Waals surface area (Å²) in [6, 6.07) is 0. The van der Waals surface area contributed by atoms with Crippen LogP contribution in [0.3, 0.4) is 0 Å². The molecule has 7 atom stereocenters. The molecule has 1 fully saturated rings. The first kappa shape index (κ1) is 42.2. The molecule has 4 unspecified atom stereocenters.